The van der Waals surface area contributed by atoms with Gasteiger partial charge in [-0.2, -0.15) is 0 Å². The van der Waals surface area contributed by atoms with Gasteiger partial charge in [-0.3, -0.25) is 9.69 Å². The first-order valence-electron chi connectivity index (χ1n) is 8.75. The molecule has 4 heteroatoms. The minimum atomic E-state index is -0.727. The molecule has 0 aromatic heterocycles. The van der Waals surface area contributed by atoms with Gasteiger partial charge in [-0.05, 0) is 51.6 Å². The van der Waals surface area contributed by atoms with Crippen molar-refractivity contribution < 1.29 is 9.90 Å². The fraction of sp³-hybridized carbons (Fsp3) is 0.632. The zero-order valence-corrected chi connectivity index (χ0v) is 14.6. The first-order valence-corrected chi connectivity index (χ1v) is 8.75. The van der Waals surface area contributed by atoms with Crippen LogP contribution in [-0.2, 0) is 11.2 Å². The third-order valence-electron chi connectivity index (χ3n) is 4.88. The number of nitrogens with one attached hydrogen (secondary N) is 1. The molecule has 1 saturated carbocycles. The van der Waals surface area contributed by atoms with Crippen molar-refractivity contribution in [2.45, 2.75) is 64.6 Å². The Morgan fingerprint density at radius 2 is 2.00 bits per heavy atom. The molecule has 0 amide bonds. The van der Waals surface area contributed by atoms with Crippen LogP contribution in [-0.4, -0.2) is 47.2 Å². The molecule has 2 N–H and O–H groups in total. The van der Waals surface area contributed by atoms with Gasteiger partial charge in [0.2, 0.25) is 0 Å². The molecule has 4 nitrogen and oxygen atoms in total. The van der Waals surface area contributed by atoms with E-state index in [1.165, 1.54) is 11.1 Å². The molecule has 0 radical (unpaired) electrons. The lowest BCUT2D eigenvalue weighted by Gasteiger charge is -2.43. The second kappa shape index (κ2) is 8.46. The molecule has 0 aliphatic heterocycles. The summed E-state index contributed by atoms with van der Waals surface area (Å²) < 4.78 is 0. The van der Waals surface area contributed by atoms with Crippen LogP contribution in [0.5, 0.6) is 0 Å². The van der Waals surface area contributed by atoms with E-state index in [-0.39, 0.29) is 6.54 Å². The maximum absolute atomic E-state index is 10.9. The van der Waals surface area contributed by atoms with Crippen LogP contribution in [0.3, 0.4) is 0 Å². The van der Waals surface area contributed by atoms with Gasteiger partial charge >= 0.3 is 5.97 Å². The van der Waals surface area contributed by atoms with Crippen molar-refractivity contribution in [3.05, 3.63) is 35.4 Å². The summed E-state index contributed by atoms with van der Waals surface area (Å²) in [6.45, 7) is 7.37. The van der Waals surface area contributed by atoms with Gasteiger partial charge in [0.05, 0.1) is 6.54 Å². The van der Waals surface area contributed by atoms with Gasteiger partial charge in [-0.1, -0.05) is 36.8 Å². The number of hydrogen-bond donors (Lipinski definition) is 2. The topological polar surface area (TPSA) is 52.6 Å². The predicted octanol–water partition coefficient (Wildman–Crippen LogP) is 2.84. The molecule has 1 fully saturated rings. The largest absolute Gasteiger partial charge is 0.480 e. The normalized spacial score (nSPS) is 21.9. The number of carboxylic acid groups (broad SMARTS) is 1. The minimum Gasteiger partial charge on any atom is -0.480 e. The molecule has 23 heavy (non-hydrogen) atoms. The minimum absolute atomic E-state index is 0.164. The van der Waals surface area contributed by atoms with E-state index < -0.39 is 5.97 Å². The Morgan fingerprint density at radius 1 is 1.35 bits per heavy atom. The van der Waals surface area contributed by atoms with E-state index in [2.05, 4.69) is 48.3 Å². The van der Waals surface area contributed by atoms with Crippen LogP contribution in [0.15, 0.2) is 24.3 Å². The number of likely N-dealkylation sites (N-methyl/N-ethyl adjacent to an activating group) is 1. The molecule has 1 aromatic rings. The molecule has 1 atom stereocenters. The first kappa shape index (κ1) is 18.0. The van der Waals surface area contributed by atoms with E-state index in [1.807, 2.05) is 6.92 Å². The smallest absolute Gasteiger partial charge is 0.317 e. The highest BCUT2D eigenvalue weighted by Crippen LogP contribution is 2.26. The number of nitrogens with zero attached hydrogens (tertiary/aromatic N) is 1. The highest BCUT2D eigenvalue weighted by Gasteiger charge is 2.34. The Labute approximate surface area is 139 Å². The van der Waals surface area contributed by atoms with Gasteiger partial charge in [-0.25, -0.2) is 0 Å². The zero-order valence-electron chi connectivity index (χ0n) is 14.6. The van der Waals surface area contributed by atoms with Crippen molar-refractivity contribution in [1.29, 1.82) is 0 Å². The van der Waals surface area contributed by atoms with E-state index in [0.29, 0.717) is 18.1 Å². The number of rotatable bonds is 9. The molecule has 1 aliphatic carbocycles. The van der Waals surface area contributed by atoms with E-state index in [0.717, 1.165) is 32.2 Å². The molecule has 0 saturated heterocycles. The Balaban J connectivity index is 1.66. The number of carboxylic acids is 1. The van der Waals surface area contributed by atoms with E-state index >= 15 is 0 Å². The number of carbonyl (C=O) groups is 1. The standard InChI is InChI=1S/C19H30N2O2/c1-4-21(13-19(22)23)18-11-17(12-18)20-15(3)7-10-16-8-5-14(2)6-9-16/h5-6,8-9,15,17-18,20H,4,7,10-13H2,1-3H3,(H,22,23). The Morgan fingerprint density at radius 3 is 2.57 bits per heavy atom. The van der Waals surface area contributed by atoms with E-state index in [9.17, 15) is 4.79 Å². The molecule has 1 aromatic carbocycles. The van der Waals surface area contributed by atoms with Gasteiger partial charge < -0.3 is 10.4 Å². The maximum Gasteiger partial charge on any atom is 0.317 e. The van der Waals surface area contributed by atoms with Crippen molar-refractivity contribution in [1.82, 2.24) is 10.2 Å². The zero-order chi connectivity index (χ0) is 16.8. The molecule has 0 spiro atoms. The fourth-order valence-electron chi connectivity index (χ4n) is 3.32. The Kier molecular flexibility index (Phi) is 6.60. The number of benzene rings is 1. The van der Waals surface area contributed by atoms with Gasteiger partial charge in [-0.15, -0.1) is 0 Å². The average molecular weight is 318 g/mol. The Bertz CT molecular complexity index is 495. The highest BCUT2D eigenvalue weighted by atomic mass is 16.4. The monoisotopic (exact) mass is 318 g/mol. The van der Waals surface area contributed by atoms with E-state index in [1.54, 1.807) is 0 Å². The molecule has 0 bridgehead atoms. The second-order valence-electron chi connectivity index (χ2n) is 6.87. The van der Waals surface area contributed by atoms with Crippen LogP contribution in [0.1, 0.15) is 44.2 Å². The molecule has 1 unspecified atom stereocenters. The van der Waals surface area contributed by atoms with Crippen LogP contribution in [0, 0.1) is 6.92 Å². The Hall–Kier alpha value is -1.39. The fourth-order valence-corrected chi connectivity index (χ4v) is 3.32. The molecule has 2 rings (SSSR count). The lowest BCUT2D eigenvalue weighted by atomic mass is 9.84. The summed E-state index contributed by atoms with van der Waals surface area (Å²) in [5, 5.41) is 12.6. The molecular weight excluding hydrogens is 288 g/mol. The van der Waals surface area contributed by atoms with Crippen LogP contribution >= 0.6 is 0 Å². The summed E-state index contributed by atoms with van der Waals surface area (Å²) in [5.74, 6) is -0.727. The van der Waals surface area contributed by atoms with Crippen molar-refractivity contribution in [3.63, 3.8) is 0 Å². The van der Waals surface area contributed by atoms with Crippen LogP contribution in [0.25, 0.3) is 0 Å². The summed E-state index contributed by atoms with van der Waals surface area (Å²) in [6.07, 6.45) is 4.37. The SMILES string of the molecule is CCN(CC(=O)O)C1CC(NC(C)CCc2ccc(C)cc2)C1. The van der Waals surface area contributed by atoms with Gasteiger partial charge in [0, 0.05) is 18.1 Å². The summed E-state index contributed by atoms with van der Waals surface area (Å²) in [7, 11) is 0. The number of aryl methyl sites for hydroxylation is 2. The number of aliphatic carboxylic acids is 1. The lowest BCUT2D eigenvalue weighted by molar-refractivity contribution is -0.139. The van der Waals surface area contributed by atoms with Gasteiger partial charge in [0.25, 0.3) is 0 Å². The third kappa shape index (κ3) is 5.63. The molecule has 1 aliphatic rings. The predicted molar refractivity (Wildman–Crippen MR) is 93.8 cm³/mol. The van der Waals surface area contributed by atoms with Crippen molar-refractivity contribution >= 4 is 5.97 Å². The van der Waals surface area contributed by atoms with Gasteiger partial charge in [0.15, 0.2) is 0 Å². The maximum atomic E-state index is 10.9. The molecular formula is C19H30N2O2. The molecule has 0 heterocycles. The number of hydrogen-bond acceptors (Lipinski definition) is 3. The first-order chi connectivity index (χ1) is 11.0. The summed E-state index contributed by atoms with van der Waals surface area (Å²) in [4.78, 5) is 12.9. The van der Waals surface area contributed by atoms with Crippen LogP contribution in [0.4, 0.5) is 0 Å². The highest BCUT2D eigenvalue weighted by molar-refractivity contribution is 5.69. The molecule has 128 valence electrons. The average Bonchev–Trinajstić information content (AvgIpc) is 2.47. The summed E-state index contributed by atoms with van der Waals surface area (Å²) >= 11 is 0. The van der Waals surface area contributed by atoms with Crippen LogP contribution in [0.2, 0.25) is 0 Å². The lowest BCUT2D eigenvalue weighted by Crippen LogP contribution is -2.55. The summed E-state index contributed by atoms with van der Waals surface area (Å²) in [6, 6.07) is 10.2. The van der Waals surface area contributed by atoms with Crippen LogP contribution < -0.4 is 5.32 Å². The van der Waals surface area contributed by atoms with Crippen molar-refractivity contribution in [2.75, 3.05) is 13.1 Å². The quantitative estimate of drug-likeness (QED) is 0.735. The van der Waals surface area contributed by atoms with Crippen molar-refractivity contribution in [2.24, 2.45) is 0 Å². The summed E-state index contributed by atoms with van der Waals surface area (Å²) in [5.41, 5.74) is 2.71. The second-order valence-corrected chi connectivity index (χ2v) is 6.87. The third-order valence-corrected chi connectivity index (χ3v) is 4.88. The van der Waals surface area contributed by atoms with Crippen molar-refractivity contribution in [3.8, 4) is 0 Å². The van der Waals surface area contributed by atoms with E-state index in [4.69, 9.17) is 5.11 Å². The van der Waals surface area contributed by atoms with Gasteiger partial charge in [0.1, 0.15) is 0 Å².